The minimum absolute atomic E-state index is 0.131. The molecular weight excluding hydrogens is 228 g/mol. The van der Waals surface area contributed by atoms with Crippen molar-refractivity contribution in [3.63, 3.8) is 0 Å². The summed E-state index contributed by atoms with van der Waals surface area (Å²) >= 11 is 1.47. The van der Waals surface area contributed by atoms with Crippen molar-refractivity contribution in [3.05, 3.63) is 15.8 Å². The van der Waals surface area contributed by atoms with Gasteiger partial charge in [0.25, 0.3) is 0 Å². The molecule has 0 aliphatic heterocycles. The number of hydrogen-bond donors (Lipinski definition) is 0. The van der Waals surface area contributed by atoms with Gasteiger partial charge in [0.1, 0.15) is 5.69 Å². The van der Waals surface area contributed by atoms with Gasteiger partial charge in [0.05, 0.1) is 4.92 Å². The zero-order valence-electron chi connectivity index (χ0n) is 9.93. The Balaban J connectivity index is 2.82. The molecule has 0 saturated heterocycles. The van der Waals surface area contributed by atoms with Gasteiger partial charge >= 0.3 is 5.69 Å². The Morgan fingerprint density at radius 1 is 1.56 bits per heavy atom. The van der Waals surface area contributed by atoms with Crippen LogP contribution in [0.25, 0.3) is 0 Å². The van der Waals surface area contributed by atoms with Gasteiger partial charge in [-0.3, -0.25) is 14.8 Å². The Morgan fingerprint density at radius 2 is 2.19 bits per heavy atom. The standard InChI is InChI=1S/C9H16N4O2S/c1-7-8(13(14)15)9(12(4)10-7)16-6-5-11(2)3/h5-6H2,1-4H3. The van der Waals surface area contributed by atoms with Gasteiger partial charge in [0, 0.05) is 19.3 Å². The lowest BCUT2D eigenvalue weighted by molar-refractivity contribution is -0.388. The molecule has 1 aromatic rings. The van der Waals surface area contributed by atoms with Gasteiger partial charge in [-0.25, -0.2) is 0 Å². The van der Waals surface area contributed by atoms with Crippen LogP contribution in [0.5, 0.6) is 0 Å². The summed E-state index contributed by atoms with van der Waals surface area (Å²) in [4.78, 5) is 12.6. The van der Waals surface area contributed by atoms with E-state index in [-0.39, 0.29) is 10.6 Å². The van der Waals surface area contributed by atoms with Crippen molar-refractivity contribution in [2.75, 3.05) is 26.4 Å². The Hall–Kier alpha value is -1.08. The first-order chi connectivity index (χ1) is 7.43. The fourth-order valence-electron chi connectivity index (χ4n) is 1.32. The van der Waals surface area contributed by atoms with Crippen LogP contribution in [0.2, 0.25) is 0 Å². The molecule has 0 fully saturated rings. The summed E-state index contributed by atoms with van der Waals surface area (Å²) in [7, 11) is 5.69. The Bertz CT molecular complexity index is 389. The van der Waals surface area contributed by atoms with Crippen molar-refractivity contribution in [1.29, 1.82) is 0 Å². The maximum Gasteiger partial charge on any atom is 0.323 e. The van der Waals surface area contributed by atoms with E-state index in [9.17, 15) is 10.1 Å². The van der Waals surface area contributed by atoms with Gasteiger partial charge in [-0.05, 0) is 21.0 Å². The molecule has 0 bridgehead atoms. The predicted molar refractivity (Wildman–Crippen MR) is 63.9 cm³/mol. The lowest BCUT2D eigenvalue weighted by Gasteiger charge is -2.08. The second-order valence-electron chi connectivity index (χ2n) is 3.77. The monoisotopic (exact) mass is 244 g/mol. The molecule has 1 heterocycles. The molecule has 90 valence electrons. The van der Waals surface area contributed by atoms with E-state index in [1.165, 1.54) is 11.8 Å². The van der Waals surface area contributed by atoms with Crippen molar-refractivity contribution in [2.45, 2.75) is 11.9 Å². The van der Waals surface area contributed by atoms with Gasteiger partial charge in [-0.2, -0.15) is 5.10 Å². The molecule has 0 atom stereocenters. The molecule has 0 radical (unpaired) electrons. The predicted octanol–water partition coefficient (Wildman–Crippen LogP) is 1.29. The van der Waals surface area contributed by atoms with E-state index in [1.54, 1.807) is 18.7 Å². The largest absolute Gasteiger partial charge is 0.323 e. The second kappa shape index (κ2) is 5.31. The highest BCUT2D eigenvalue weighted by molar-refractivity contribution is 7.99. The van der Waals surface area contributed by atoms with E-state index < -0.39 is 0 Å². The molecule has 0 aliphatic rings. The van der Waals surface area contributed by atoms with Crippen molar-refractivity contribution >= 4 is 17.4 Å². The zero-order chi connectivity index (χ0) is 12.3. The molecule has 0 amide bonds. The number of aryl methyl sites for hydroxylation is 2. The average molecular weight is 244 g/mol. The number of hydrogen-bond acceptors (Lipinski definition) is 5. The zero-order valence-corrected chi connectivity index (χ0v) is 10.7. The minimum atomic E-state index is -0.361. The van der Waals surface area contributed by atoms with Crippen LogP contribution in [0.15, 0.2) is 5.03 Å². The SMILES string of the molecule is Cc1nn(C)c(SCCN(C)C)c1[N+](=O)[O-]. The van der Waals surface area contributed by atoms with Crippen LogP contribution in [-0.4, -0.2) is 46.0 Å². The van der Waals surface area contributed by atoms with Crippen LogP contribution in [0, 0.1) is 17.0 Å². The molecule has 0 N–H and O–H groups in total. The van der Waals surface area contributed by atoms with Crippen molar-refractivity contribution in [2.24, 2.45) is 7.05 Å². The van der Waals surface area contributed by atoms with E-state index in [4.69, 9.17) is 0 Å². The number of nitro groups is 1. The molecule has 7 heteroatoms. The van der Waals surface area contributed by atoms with Crippen LogP contribution < -0.4 is 0 Å². The molecule has 0 spiro atoms. The summed E-state index contributed by atoms with van der Waals surface area (Å²) < 4.78 is 1.58. The van der Waals surface area contributed by atoms with Crippen molar-refractivity contribution < 1.29 is 4.92 Å². The third-order valence-corrected chi connectivity index (χ3v) is 3.22. The van der Waals surface area contributed by atoms with E-state index in [1.807, 2.05) is 19.0 Å². The van der Waals surface area contributed by atoms with Crippen molar-refractivity contribution in [1.82, 2.24) is 14.7 Å². The van der Waals surface area contributed by atoms with Crippen LogP contribution in [-0.2, 0) is 7.05 Å². The molecule has 0 unspecified atom stereocenters. The Labute approximate surface area is 98.8 Å². The van der Waals surface area contributed by atoms with Crippen molar-refractivity contribution in [3.8, 4) is 0 Å². The minimum Gasteiger partial charge on any atom is -0.309 e. The van der Waals surface area contributed by atoms with Gasteiger partial charge in [-0.1, -0.05) is 11.8 Å². The molecular formula is C9H16N4O2S. The quantitative estimate of drug-likeness (QED) is 0.443. The van der Waals surface area contributed by atoms with E-state index >= 15 is 0 Å². The topological polar surface area (TPSA) is 64.2 Å². The highest BCUT2D eigenvalue weighted by Gasteiger charge is 2.23. The van der Waals surface area contributed by atoms with Gasteiger partial charge in [0.2, 0.25) is 0 Å². The smallest absolute Gasteiger partial charge is 0.309 e. The Morgan fingerprint density at radius 3 is 2.69 bits per heavy atom. The van der Waals surface area contributed by atoms with Gasteiger partial charge < -0.3 is 4.90 Å². The summed E-state index contributed by atoms with van der Waals surface area (Å²) in [6, 6.07) is 0. The van der Waals surface area contributed by atoms with Crippen LogP contribution in [0.1, 0.15) is 5.69 Å². The lowest BCUT2D eigenvalue weighted by atomic mass is 10.4. The van der Waals surface area contributed by atoms with Gasteiger partial charge in [-0.15, -0.1) is 0 Å². The van der Waals surface area contributed by atoms with Crippen LogP contribution >= 0.6 is 11.8 Å². The molecule has 1 rings (SSSR count). The molecule has 16 heavy (non-hydrogen) atoms. The van der Waals surface area contributed by atoms with E-state index in [0.29, 0.717) is 10.7 Å². The summed E-state index contributed by atoms with van der Waals surface area (Å²) in [5.41, 5.74) is 0.603. The summed E-state index contributed by atoms with van der Waals surface area (Å²) in [6.07, 6.45) is 0. The summed E-state index contributed by atoms with van der Waals surface area (Å²) in [5.74, 6) is 0.812. The first kappa shape index (κ1) is 13.0. The normalized spacial score (nSPS) is 11.1. The number of nitrogens with zero attached hydrogens (tertiary/aromatic N) is 4. The third kappa shape index (κ3) is 2.96. The molecule has 0 saturated carbocycles. The first-order valence-corrected chi connectivity index (χ1v) is 5.87. The van der Waals surface area contributed by atoms with E-state index in [2.05, 4.69) is 5.10 Å². The number of aromatic nitrogens is 2. The van der Waals surface area contributed by atoms with Gasteiger partial charge in [0.15, 0.2) is 5.03 Å². The molecule has 0 aromatic carbocycles. The molecule has 1 aromatic heterocycles. The molecule has 6 nitrogen and oxygen atoms in total. The maximum atomic E-state index is 10.9. The number of thioether (sulfide) groups is 1. The average Bonchev–Trinajstić information content (AvgIpc) is 2.40. The summed E-state index contributed by atoms with van der Waals surface area (Å²) in [6.45, 7) is 2.54. The fourth-order valence-corrected chi connectivity index (χ4v) is 2.56. The van der Waals surface area contributed by atoms with Crippen LogP contribution in [0.4, 0.5) is 5.69 Å². The van der Waals surface area contributed by atoms with E-state index in [0.717, 1.165) is 12.3 Å². The highest BCUT2D eigenvalue weighted by Crippen LogP contribution is 2.31. The first-order valence-electron chi connectivity index (χ1n) is 4.89. The van der Waals surface area contributed by atoms with Crippen LogP contribution in [0.3, 0.4) is 0 Å². The lowest BCUT2D eigenvalue weighted by Crippen LogP contribution is -2.15. The second-order valence-corrected chi connectivity index (χ2v) is 4.86. The highest BCUT2D eigenvalue weighted by atomic mass is 32.2. The molecule has 0 aliphatic carbocycles. The Kier molecular flexibility index (Phi) is 4.31. The summed E-state index contributed by atoms with van der Waals surface area (Å²) in [5, 5.41) is 15.6. The third-order valence-electron chi connectivity index (χ3n) is 2.10. The maximum absolute atomic E-state index is 10.9. The fraction of sp³-hybridized carbons (Fsp3) is 0.667. The number of rotatable bonds is 5.